The molecule has 1 aromatic rings. The quantitative estimate of drug-likeness (QED) is 0.868. The van der Waals surface area contributed by atoms with Crippen LogP contribution in [0.4, 0.5) is 8.78 Å². The summed E-state index contributed by atoms with van der Waals surface area (Å²) in [6.45, 7) is 6.66. The number of nitrogens with one attached hydrogen (secondary N) is 1. The Kier molecular flexibility index (Phi) is 5.46. The van der Waals surface area contributed by atoms with Gasteiger partial charge in [-0.3, -0.25) is 0 Å². The first kappa shape index (κ1) is 18.3. The Morgan fingerprint density at radius 1 is 1.17 bits per heavy atom. The second-order valence-electron chi connectivity index (χ2n) is 7.09. The molecule has 1 aliphatic rings. The van der Waals surface area contributed by atoms with Crippen LogP contribution in [0.3, 0.4) is 0 Å². The van der Waals surface area contributed by atoms with Crippen LogP contribution in [0.15, 0.2) is 23.1 Å². The summed E-state index contributed by atoms with van der Waals surface area (Å²) in [4.78, 5) is -0.491. The second-order valence-corrected chi connectivity index (χ2v) is 8.77. The van der Waals surface area contributed by atoms with Gasteiger partial charge in [0.25, 0.3) is 0 Å². The standard InChI is InChI=1S/C17H25F2NO2S/c1-4-17(2,3)12-5-8-14(9-6-12)20-23(21,22)16-10-7-13(18)11-15(16)19/h7,10-12,14,20H,4-6,8-9H2,1-3H3. The van der Waals surface area contributed by atoms with E-state index < -0.39 is 26.6 Å². The normalized spacial score (nSPS) is 23.0. The zero-order valence-corrected chi connectivity index (χ0v) is 14.7. The van der Waals surface area contributed by atoms with Gasteiger partial charge in [-0.15, -0.1) is 0 Å². The Balaban J connectivity index is 2.03. The van der Waals surface area contributed by atoms with E-state index in [0.717, 1.165) is 44.2 Å². The van der Waals surface area contributed by atoms with Crippen molar-refractivity contribution in [3.05, 3.63) is 29.8 Å². The molecule has 0 heterocycles. The molecule has 2 rings (SSSR count). The molecule has 0 spiro atoms. The number of sulfonamides is 1. The fourth-order valence-electron chi connectivity index (χ4n) is 3.26. The third-order valence-electron chi connectivity index (χ3n) is 5.25. The minimum Gasteiger partial charge on any atom is -0.208 e. The summed E-state index contributed by atoms with van der Waals surface area (Å²) in [7, 11) is -3.96. The number of benzene rings is 1. The average Bonchev–Trinajstić information content (AvgIpc) is 2.47. The van der Waals surface area contributed by atoms with Gasteiger partial charge in [0.1, 0.15) is 16.5 Å². The van der Waals surface area contributed by atoms with Crippen LogP contribution in [0, 0.1) is 23.0 Å². The smallest absolute Gasteiger partial charge is 0.208 e. The van der Waals surface area contributed by atoms with E-state index in [1.807, 2.05) is 0 Å². The molecule has 0 bridgehead atoms. The minimum absolute atomic E-state index is 0.187. The third-order valence-corrected chi connectivity index (χ3v) is 6.80. The van der Waals surface area contributed by atoms with Crippen molar-refractivity contribution in [2.24, 2.45) is 11.3 Å². The number of hydrogen-bond acceptors (Lipinski definition) is 2. The molecule has 0 radical (unpaired) electrons. The van der Waals surface area contributed by atoms with Crippen molar-refractivity contribution in [3.8, 4) is 0 Å². The van der Waals surface area contributed by atoms with Crippen LogP contribution in [0.2, 0.25) is 0 Å². The van der Waals surface area contributed by atoms with Gasteiger partial charge in [-0.1, -0.05) is 27.2 Å². The summed E-state index contributed by atoms with van der Waals surface area (Å²) in [6, 6.07) is 2.33. The van der Waals surface area contributed by atoms with Crippen molar-refractivity contribution < 1.29 is 17.2 Å². The third kappa shape index (κ3) is 4.29. The molecule has 0 aliphatic heterocycles. The van der Waals surface area contributed by atoms with E-state index >= 15 is 0 Å². The zero-order valence-electron chi connectivity index (χ0n) is 13.9. The molecular formula is C17H25F2NO2S. The molecule has 1 saturated carbocycles. The second kappa shape index (κ2) is 6.85. The lowest BCUT2D eigenvalue weighted by molar-refractivity contribution is 0.142. The molecule has 3 nitrogen and oxygen atoms in total. The highest BCUT2D eigenvalue weighted by Gasteiger charge is 2.33. The lowest BCUT2D eigenvalue weighted by Gasteiger charge is -2.39. The summed E-state index contributed by atoms with van der Waals surface area (Å²) in [5.74, 6) is -1.27. The maximum Gasteiger partial charge on any atom is 0.243 e. The fraction of sp³-hybridized carbons (Fsp3) is 0.647. The van der Waals surface area contributed by atoms with Gasteiger partial charge in [-0.05, 0) is 49.1 Å². The molecule has 1 aliphatic carbocycles. The maximum absolute atomic E-state index is 13.7. The van der Waals surface area contributed by atoms with Crippen LogP contribution in [0.5, 0.6) is 0 Å². The average molecular weight is 345 g/mol. The molecule has 1 fully saturated rings. The van der Waals surface area contributed by atoms with E-state index in [4.69, 9.17) is 0 Å². The Morgan fingerprint density at radius 2 is 1.78 bits per heavy atom. The van der Waals surface area contributed by atoms with Crippen LogP contribution in [-0.4, -0.2) is 14.5 Å². The van der Waals surface area contributed by atoms with Crippen molar-refractivity contribution in [3.63, 3.8) is 0 Å². The van der Waals surface area contributed by atoms with Gasteiger partial charge in [-0.25, -0.2) is 21.9 Å². The van der Waals surface area contributed by atoms with Gasteiger partial charge in [0.15, 0.2) is 0 Å². The molecule has 0 atom stereocenters. The lowest BCUT2D eigenvalue weighted by Crippen LogP contribution is -2.40. The fourth-order valence-corrected chi connectivity index (χ4v) is 4.62. The topological polar surface area (TPSA) is 46.2 Å². The summed E-state index contributed by atoms with van der Waals surface area (Å²) in [5, 5.41) is 0. The summed E-state index contributed by atoms with van der Waals surface area (Å²) < 4.78 is 53.8. The molecule has 130 valence electrons. The largest absolute Gasteiger partial charge is 0.243 e. The summed E-state index contributed by atoms with van der Waals surface area (Å²) >= 11 is 0. The Labute approximate surface area is 137 Å². The summed E-state index contributed by atoms with van der Waals surface area (Å²) in [6.07, 6.45) is 4.50. The van der Waals surface area contributed by atoms with Gasteiger partial charge < -0.3 is 0 Å². The number of hydrogen-bond donors (Lipinski definition) is 1. The predicted octanol–water partition coefficient (Wildman–Crippen LogP) is 4.24. The highest BCUT2D eigenvalue weighted by molar-refractivity contribution is 7.89. The van der Waals surface area contributed by atoms with Crippen LogP contribution in [0.1, 0.15) is 52.9 Å². The van der Waals surface area contributed by atoms with Crippen LogP contribution >= 0.6 is 0 Å². The van der Waals surface area contributed by atoms with Crippen LogP contribution in [0.25, 0.3) is 0 Å². The molecule has 23 heavy (non-hydrogen) atoms. The molecular weight excluding hydrogens is 320 g/mol. The molecule has 0 saturated heterocycles. The van der Waals surface area contributed by atoms with E-state index in [1.165, 1.54) is 0 Å². The highest BCUT2D eigenvalue weighted by atomic mass is 32.2. The van der Waals surface area contributed by atoms with E-state index in [2.05, 4.69) is 25.5 Å². The highest BCUT2D eigenvalue weighted by Crippen LogP contribution is 2.40. The first-order chi connectivity index (χ1) is 10.7. The van der Waals surface area contributed by atoms with E-state index in [9.17, 15) is 17.2 Å². The van der Waals surface area contributed by atoms with Gasteiger partial charge in [0.2, 0.25) is 10.0 Å². The molecule has 6 heteroatoms. The predicted molar refractivity (Wildman–Crippen MR) is 86.5 cm³/mol. The van der Waals surface area contributed by atoms with E-state index in [1.54, 1.807) is 0 Å². The van der Waals surface area contributed by atoms with Gasteiger partial charge >= 0.3 is 0 Å². The lowest BCUT2D eigenvalue weighted by atomic mass is 9.69. The number of halogens is 2. The van der Waals surface area contributed by atoms with Crippen molar-refractivity contribution in [1.82, 2.24) is 4.72 Å². The Hall–Kier alpha value is -1.01. The van der Waals surface area contributed by atoms with Crippen LogP contribution < -0.4 is 4.72 Å². The molecule has 1 N–H and O–H groups in total. The van der Waals surface area contributed by atoms with Crippen LogP contribution in [-0.2, 0) is 10.0 Å². The van der Waals surface area contributed by atoms with E-state index in [-0.39, 0.29) is 11.5 Å². The maximum atomic E-state index is 13.7. The van der Waals surface area contributed by atoms with Crippen molar-refractivity contribution in [2.45, 2.75) is 63.8 Å². The SMILES string of the molecule is CCC(C)(C)C1CCC(NS(=O)(=O)c2ccc(F)cc2F)CC1. The van der Waals surface area contributed by atoms with Crippen molar-refractivity contribution in [2.75, 3.05) is 0 Å². The Morgan fingerprint density at radius 3 is 2.30 bits per heavy atom. The zero-order chi connectivity index (χ0) is 17.3. The summed E-state index contributed by atoms with van der Waals surface area (Å²) in [5.41, 5.74) is 0.257. The van der Waals surface area contributed by atoms with Gasteiger partial charge in [-0.2, -0.15) is 0 Å². The Bertz CT molecular complexity index is 651. The van der Waals surface area contributed by atoms with Crippen molar-refractivity contribution >= 4 is 10.0 Å². The molecule has 0 aromatic heterocycles. The first-order valence-corrected chi connectivity index (χ1v) is 9.61. The van der Waals surface area contributed by atoms with Gasteiger partial charge in [0.05, 0.1) is 0 Å². The van der Waals surface area contributed by atoms with Gasteiger partial charge in [0, 0.05) is 12.1 Å². The molecule has 1 aromatic carbocycles. The monoisotopic (exact) mass is 345 g/mol. The minimum atomic E-state index is -3.96. The number of rotatable bonds is 5. The van der Waals surface area contributed by atoms with Crippen molar-refractivity contribution in [1.29, 1.82) is 0 Å². The molecule has 0 amide bonds. The molecule has 0 unspecified atom stereocenters. The first-order valence-electron chi connectivity index (χ1n) is 8.13. The van der Waals surface area contributed by atoms with E-state index in [0.29, 0.717) is 12.0 Å².